The number of rotatable bonds is 2. The molecule has 0 fully saturated rings. The molecule has 57 heavy (non-hydrogen) atoms. The molecule has 6 aliphatic heterocycles. The largest absolute Gasteiger partial charge is 0.423 e. The van der Waals surface area contributed by atoms with Gasteiger partial charge in [0, 0.05) is 48.6 Å². The summed E-state index contributed by atoms with van der Waals surface area (Å²) in [6, 6.07) is 37.9. The maximum atomic E-state index is 2.79. The minimum Gasteiger partial charge on any atom is -0.360 e. The smallest absolute Gasteiger partial charge is 0.360 e. The third-order valence-corrected chi connectivity index (χ3v) is 16.6. The lowest BCUT2D eigenvalue weighted by molar-refractivity contribution is 0.590. The topological polar surface area (TPSA) is 13.0 Å². The molecule has 0 saturated carbocycles. The van der Waals surface area contributed by atoms with Gasteiger partial charge < -0.3 is 19.2 Å². The van der Waals surface area contributed by atoms with Crippen LogP contribution in [0.15, 0.2) is 136 Å². The van der Waals surface area contributed by atoms with Crippen LogP contribution in [0.3, 0.4) is 0 Å². The van der Waals surface area contributed by atoms with Gasteiger partial charge in [-0.15, -0.1) is 11.8 Å². The third kappa shape index (κ3) is 4.35. The number of nitrogens with zero attached hydrogens (tertiary/aromatic N) is 4. The molecule has 1 atom stereocenters. The van der Waals surface area contributed by atoms with Crippen molar-refractivity contribution in [3.05, 3.63) is 132 Å². The van der Waals surface area contributed by atoms with E-state index in [1.807, 2.05) is 23.1 Å². The Morgan fingerprint density at radius 3 is 2.11 bits per heavy atom. The van der Waals surface area contributed by atoms with Crippen molar-refractivity contribution in [3.63, 3.8) is 0 Å². The number of para-hydroxylation sites is 1. The normalized spacial score (nSPS) is 18.3. The minimum absolute atomic E-state index is 0.0156. The van der Waals surface area contributed by atoms with E-state index in [-0.39, 0.29) is 19.4 Å². The van der Waals surface area contributed by atoms with Crippen molar-refractivity contribution >= 4 is 98.2 Å². The average Bonchev–Trinajstić information content (AvgIpc) is 3.76. The highest BCUT2D eigenvalue weighted by atomic mass is 32.2. The summed E-state index contributed by atoms with van der Waals surface area (Å²) in [7, 11) is 0. The van der Waals surface area contributed by atoms with Crippen molar-refractivity contribution in [2.24, 2.45) is 5.92 Å². The van der Waals surface area contributed by atoms with Crippen molar-refractivity contribution in [1.29, 1.82) is 0 Å². The van der Waals surface area contributed by atoms with Crippen LogP contribution in [-0.2, 0) is 11.8 Å². The van der Waals surface area contributed by atoms with Gasteiger partial charge in [-0.2, -0.15) is 0 Å². The Bertz CT molecular complexity index is 2850. The van der Waals surface area contributed by atoms with Crippen LogP contribution in [0.1, 0.15) is 52.2 Å². The third-order valence-electron chi connectivity index (χ3n) is 13.0. The summed E-state index contributed by atoms with van der Waals surface area (Å²) in [5.74, 6) is 0.594. The van der Waals surface area contributed by atoms with E-state index in [0.29, 0.717) is 11.2 Å². The SMILES string of the molecule is CC(C)Cc1ccc2c(c1)-c1cccc3c1B1N2c2sc4c(c2N1c1ccccc1S3)N1B2c3c(cccc3-c3cc(C(C)(C)C)ccc3N24)SC2CC=CC=C21. The van der Waals surface area contributed by atoms with Crippen molar-refractivity contribution in [3.8, 4) is 22.3 Å². The molecule has 5 aromatic carbocycles. The molecule has 1 aromatic heterocycles. The fourth-order valence-corrected chi connectivity index (χ4v) is 14.5. The summed E-state index contributed by atoms with van der Waals surface area (Å²) in [5.41, 5.74) is 19.2. The van der Waals surface area contributed by atoms with Crippen molar-refractivity contribution in [1.82, 2.24) is 0 Å². The summed E-state index contributed by atoms with van der Waals surface area (Å²) in [5, 5.41) is 3.02. The van der Waals surface area contributed by atoms with E-state index in [4.69, 9.17) is 0 Å². The van der Waals surface area contributed by atoms with E-state index < -0.39 is 0 Å². The monoisotopic (exact) mass is 790 g/mol. The lowest BCUT2D eigenvalue weighted by atomic mass is 9.59. The van der Waals surface area contributed by atoms with Crippen LogP contribution in [0.5, 0.6) is 0 Å². The lowest BCUT2D eigenvalue weighted by Gasteiger charge is -2.38. The molecule has 4 nitrogen and oxygen atoms in total. The van der Waals surface area contributed by atoms with Crippen LogP contribution in [0, 0.1) is 5.92 Å². The molecule has 7 aliphatic rings. The van der Waals surface area contributed by atoms with Gasteiger partial charge in [-0.3, -0.25) is 0 Å². The van der Waals surface area contributed by atoms with Gasteiger partial charge in [0.25, 0.3) is 0 Å². The van der Waals surface area contributed by atoms with Crippen molar-refractivity contribution in [2.45, 2.75) is 72.8 Å². The maximum absolute atomic E-state index is 2.79. The van der Waals surface area contributed by atoms with E-state index >= 15 is 0 Å². The van der Waals surface area contributed by atoms with Gasteiger partial charge in [0.05, 0.1) is 16.6 Å². The van der Waals surface area contributed by atoms with Crippen molar-refractivity contribution < 1.29 is 0 Å². The first kappa shape index (κ1) is 33.3. The van der Waals surface area contributed by atoms with Crippen LogP contribution >= 0.6 is 34.9 Å². The number of thiophene rings is 1. The molecule has 0 radical (unpaired) electrons. The van der Waals surface area contributed by atoms with Crippen LogP contribution < -0.4 is 30.2 Å². The molecule has 6 aromatic rings. The van der Waals surface area contributed by atoms with Gasteiger partial charge in [0.15, 0.2) is 0 Å². The van der Waals surface area contributed by atoms with E-state index in [2.05, 4.69) is 181 Å². The molecular formula is C48H40B2N4S3. The molecule has 0 spiro atoms. The molecular weight excluding hydrogens is 750 g/mol. The van der Waals surface area contributed by atoms with Gasteiger partial charge in [-0.1, -0.05) is 118 Å². The number of hydrogen-bond acceptors (Lipinski definition) is 7. The predicted molar refractivity (Wildman–Crippen MR) is 247 cm³/mol. The van der Waals surface area contributed by atoms with Crippen LogP contribution in [0.4, 0.5) is 38.4 Å². The number of hydrogen-bond donors (Lipinski definition) is 0. The van der Waals surface area contributed by atoms with Crippen LogP contribution in [0.25, 0.3) is 22.3 Å². The second kappa shape index (κ2) is 11.5. The van der Waals surface area contributed by atoms with Crippen LogP contribution in [-0.4, -0.2) is 19.2 Å². The Balaban J connectivity index is 1.13. The number of allylic oxidation sites excluding steroid dienone is 3. The first-order valence-electron chi connectivity index (χ1n) is 20.4. The van der Waals surface area contributed by atoms with Crippen molar-refractivity contribution in [2.75, 3.05) is 19.2 Å². The Labute approximate surface area is 348 Å². The molecule has 276 valence electrons. The number of fused-ring (bicyclic) bond motifs is 17. The van der Waals surface area contributed by atoms with E-state index in [9.17, 15) is 0 Å². The Hall–Kier alpha value is -4.69. The zero-order valence-corrected chi connectivity index (χ0v) is 35.2. The first-order valence-corrected chi connectivity index (χ1v) is 22.9. The summed E-state index contributed by atoms with van der Waals surface area (Å²) < 4.78 is 0. The van der Waals surface area contributed by atoms with Gasteiger partial charge in [-0.05, 0) is 112 Å². The molecule has 0 amide bonds. The fourth-order valence-electron chi connectivity index (χ4n) is 10.6. The second-order valence-corrected chi connectivity index (χ2v) is 21.2. The Kier molecular flexibility index (Phi) is 6.71. The summed E-state index contributed by atoms with van der Waals surface area (Å²) in [4.78, 5) is 15.1. The summed E-state index contributed by atoms with van der Waals surface area (Å²) in [6.07, 6.45) is 9.19. The predicted octanol–water partition coefficient (Wildman–Crippen LogP) is 12.0. The lowest BCUT2D eigenvalue weighted by Crippen LogP contribution is -2.57. The first-order chi connectivity index (χ1) is 27.7. The van der Waals surface area contributed by atoms with Gasteiger partial charge in [-0.25, -0.2) is 0 Å². The molecule has 1 aliphatic carbocycles. The average molecular weight is 791 g/mol. The highest BCUT2D eigenvalue weighted by Gasteiger charge is 2.60. The minimum atomic E-state index is 0.0156. The Morgan fingerprint density at radius 2 is 1.33 bits per heavy atom. The molecule has 1 unspecified atom stereocenters. The quantitative estimate of drug-likeness (QED) is 0.161. The highest BCUT2D eigenvalue weighted by Crippen LogP contribution is 2.68. The van der Waals surface area contributed by atoms with Gasteiger partial charge in [0.2, 0.25) is 0 Å². The zero-order valence-electron chi connectivity index (χ0n) is 32.7. The number of anilines is 7. The molecule has 0 bridgehead atoms. The highest BCUT2D eigenvalue weighted by molar-refractivity contribution is 8.00. The summed E-state index contributed by atoms with van der Waals surface area (Å²) in [6.45, 7) is 11.7. The van der Waals surface area contributed by atoms with Crippen LogP contribution in [0.2, 0.25) is 0 Å². The van der Waals surface area contributed by atoms with Gasteiger partial charge in [0.1, 0.15) is 10.0 Å². The second-order valence-electron chi connectivity index (χ2n) is 17.9. The maximum Gasteiger partial charge on any atom is 0.423 e. The standard InChI is InChI=1S/C48H40B2N4S3/c1-27(2)24-28-20-22-34-32(25-28)30-12-10-18-40-42(30)49-51(36-14-6-8-16-38(36)55-40)44-45-47(57-46(44)53(34)49)54-35-23-21-29(48(3,4)5)26-33(35)31-13-11-19-41-43(31)50(54)52(45)37-15-7-9-17-39(37)56-41/h6-16,18-23,25-27,39H,17,24H2,1-5H3. The van der Waals surface area contributed by atoms with E-state index in [0.717, 1.165) is 12.8 Å². The van der Waals surface area contributed by atoms with E-state index in [1.165, 1.54) is 103 Å². The van der Waals surface area contributed by atoms with Gasteiger partial charge >= 0.3 is 14.0 Å². The van der Waals surface area contributed by atoms with E-state index in [1.54, 1.807) is 0 Å². The number of thioether (sulfide) groups is 1. The summed E-state index contributed by atoms with van der Waals surface area (Å²) >= 11 is 6.01. The Morgan fingerprint density at radius 1 is 0.667 bits per heavy atom. The molecule has 0 saturated heterocycles. The fraction of sp³-hybridized carbons (Fsp3) is 0.208. The molecule has 9 heteroatoms. The zero-order chi connectivity index (χ0) is 38.1. The molecule has 7 heterocycles. The number of benzene rings is 5. The molecule has 13 rings (SSSR count). The molecule has 0 N–H and O–H groups in total.